The van der Waals surface area contributed by atoms with Crippen LogP contribution in [0.4, 0.5) is 0 Å². The molecule has 1 unspecified atom stereocenters. The highest BCUT2D eigenvalue weighted by molar-refractivity contribution is 7.31. The first kappa shape index (κ1) is 32.8. The van der Waals surface area contributed by atoms with E-state index in [1.54, 1.807) is 18.4 Å². The first-order chi connectivity index (χ1) is 10.4. The number of aliphatic hydroxyl groups is 2. The molecule has 0 aliphatic rings. The Morgan fingerprint density at radius 1 is 1.09 bits per heavy atom. The minimum absolute atomic E-state index is 0.125. The molecule has 0 saturated heterocycles. The fourth-order valence-corrected chi connectivity index (χ4v) is 0.282. The van der Waals surface area contributed by atoms with Crippen LogP contribution in [0.1, 0.15) is 34.1 Å². The van der Waals surface area contributed by atoms with Gasteiger partial charge in [-0.3, -0.25) is 4.57 Å². The van der Waals surface area contributed by atoms with E-state index in [2.05, 4.69) is 24.8 Å². The standard InChI is InChI=1S/C6H12O.2C3H6.C2H6O2.H3O4P/c1-3-5-7-6-4-2;2*1-3-2;3-1-2-4;1-4-5(2)3/h3,5H,4,6H2,1-2H3;2*3H,1H2,2H3;3-4H,1-2H2;1,5H,(H,2,3)/b5-3-;;;;. The molecule has 0 aromatic heterocycles. The summed E-state index contributed by atoms with van der Waals surface area (Å²) in [6.45, 7) is 15.1. The second-order valence-corrected chi connectivity index (χ2v) is 3.68. The highest BCUT2D eigenvalue weighted by Gasteiger charge is 1.77. The van der Waals surface area contributed by atoms with Gasteiger partial charge >= 0.3 is 8.25 Å². The Morgan fingerprint density at radius 2 is 1.41 bits per heavy atom. The molecule has 4 N–H and O–H groups in total. The Labute approximate surface area is 135 Å². The zero-order valence-corrected chi connectivity index (χ0v) is 15.1. The lowest BCUT2D eigenvalue weighted by atomic mass is 10.5. The SMILES string of the molecule is C/C=C\OCCC.C=CC.C=CC.O=[PH](O)OO.OCCO. The van der Waals surface area contributed by atoms with Crippen molar-refractivity contribution in [1.82, 2.24) is 0 Å². The van der Waals surface area contributed by atoms with Gasteiger partial charge in [0.2, 0.25) is 0 Å². The van der Waals surface area contributed by atoms with Crippen LogP contribution in [0.15, 0.2) is 37.6 Å². The predicted molar refractivity (Wildman–Crippen MR) is 91.9 cm³/mol. The molecule has 0 aromatic rings. The summed E-state index contributed by atoms with van der Waals surface area (Å²) >= 11 is 0. The maximum absolute atomic E-state index is 9.08. The topological polar surface area (TPSA) is 116 Å². The van der Waals surface area contributed by atoms with Gasteiger partial charge in [-0.2, -0.15) is 4.67 Å². The van der Waals surface area contributed by atoms with Crippen LogP contribution in [0.2, 0.25) is 0 Å². The molecule has 136 valence electrons. The second-order valence-electron chi connectivity index (χ2n) is 2.96. The Kier molecular flexibility index (Phi) is 74.8. The summed E-state index contributed by atoms with van der Waals surface area (Å²) in [5, 5.41) is 22.4. The molecule has 8 heteroatoms. The Morgan fingerprint density at radius 3 is 1.55 bits per heavy atom. The lowest BCUT2D eigenvalue weighted by molar-refractivity contribution is -0.138. The first-order valence-electron chi connectivity index (χ1n) is 6.56. The maximum atomic E-state index is 9.08. The van der Waals surface area contributed by atoms with Crippen molar-refractivity contribution in [1.29, 1.82) is 0 Å². The quantitative estimate of drug-likeness (QED) is 0.151. The van der Waals surface area contributed by atoms with E-state index in [1.165, 1.54) is 0 Å². The predicted octanol–water partition coefficient (Wildman–Crippen LogP) is 3.16. The monoisotopic (exact) mass is 344 g/mol. The summed E-state index contributed by atoms with van der Waals surface area (Å²) in [7, 11) is -3.07. The van der Waals surface area contributed by atoms with Crippen molar-refractivity contribution < 1.29 is 34.3 Å². The van der Waals surface area contributed by atoms with Gasteiger partial charge < -0.3 is 19.8 Å². The van der Waals surface area contributed by atoms with Crippen LogP contribution in [0.25, 0.3) is 0 Å². The van der Waals surface area contributed by atoms with E-state index >= 15 is 0 Å². The van der Waals surface area contributed by atoms with Gasteiger partial charge in [-0.05, 0) is 27.2 Å². The van der Waals surface area contributed by atoms with Crippen molar-refractivity contribution in [3.8, 4) is 0 Å². The fraction of sp³-hybridized carbons (Fsp3) is 0.571. The molecule has 0 bridgehead atoms. The van der Waals surface area contributed by atoms with E-state index in [1.807, 2.05) is 26.8 Å². The third-order valence-electron chi connectivity index (χ3n) is 0.732. The molecule has 0 rings (SSSR count). The lowest BCUT2D eigenvalue weighted by Crippen LogP contribution is -1.85. The smallest absolute Gasteiger partial charge is 0.344 e. The number of ether oxygens (including phenoxy) is 1. The van der Waals surface area contributed by atoms with Crippen molar-refractivity contribution >= 4 is 8.25 Å². The summed E-state index contributed by atoms with van der Waals surface area (Å²) in [5.41, 5.74) is 0. The van der Waals surface area contributed by atoms with Gasteiger partial charge in [-0.1, -0.05) is 25.2 Å². The van der Waals surface area contributed by atoms with Crippen LogP contribution in [0, 0.1) is 0 Å². The molecule has 0 heterocycles. The third-order valence-corrected chi connectivity index (χ3v) is 0.889. The second kappa shape index (κ2) is 50.1. The lowest BCUT2D eigenvalue weighted by Gasteiger charge is -1.91. The number of allylic oxidation sites excluding steroid dienone is 3. The molecule has 0 saturated carbocycles. The molecule has 0 radical (unpaired) electrons. The molecule has 0 aliphatic heterocycles. The van der Waals surface area contributed by atoms with Crippen LogP contribution in [0.3, 0.4) is 0 Å². The van der Waals surface area contributed by atoms with E-state index in [9.17, 15) is 0 Å². The van der Waals surface area contributed by atoms with Crippen molar-refractivity contribution in [2.45, 2.75) is 34.1 Å². The highest BCUT2D eigenvalue weighted by Crippen LogP contribution is 2.09. The van der Waals surface area contributed by atoms with Crippen LogP contribution < -0.4 is 0 Å². The van der Waals surface area contributed by atoms with Gasteiger partial charge in [0, 0.05) is 0 Å². The van der Waals surface area contributed by atoms with Crippen molar-refractivity contribution in [3.05, 3.63) is 37.6 Å². The minimum Gasteiger partial charge on any atom is -0.502 e. The molecular weight excluding hydrogens is 311 g/mol. The highest BCUT2D eigenvalue weighted by atomic mass is 31.1. The molecule has 7 nitrogen and oxygen atoms in total. The van der Waals surface area contributed by atoms with Crippen molar-refractivity contribution in [3.63, 3.8) is 0 Å². The van der Waals surface area contributed by atoms with Crippen LogP contribution in [0.5, 0.6) is 0 Å². The molecule has 0 aromatic carbocycles. The maximum Gasteiger partial charge on any atom is 0.344 e. The van der Waals surface area contributed by atoms with Gasteiger partial charge in [0.1, 0.15) is 0 Å². The normalized spacial score (nSPS) is 9.09. The average Bonchev–Trinajstić information content (AvgIpc) is 2.50. The van der Waals surface area contributed by atoms with Gasteiger partial charge in [0.15, 0.2) is 0 Å². The van der Waals surface area contributed by atoms with Crippen molar-refractivity contribution in [2.24, 2.45) is 0 Å². The summed E-state index contributed by atoms with van der Waals surface area (Å²) in [6, 6.07) is 0. The number of rotatable bonds is 5. The molecule has 0 spiro atoms. The van der Waals surface area contributed by atoms with Gasteiger partial charge in [0.25, 0.3) is 0 Å². The molecule has 0 aliphatic carbocycles. The zero-order valence-electron chi connectivity index (χ0n) is 14.1. The zero-order chi connectivity index (χ0) is 18.6. The third kappa shape index (κ3) is 170. The summed E-state index contributed by atoms with van der Waals surface area (Å²) < 4.78 is 16.9. The van der Waals surface area contributed by atoms with Gasteiger partial charge in [0.05, 0.1) is 26.1 Å². The van der Waals surface area contributed by atoms with Gasteiger partial charge in [-0.15, -0.1) is 13.2 Å². The molecule has 22 heavy (non-hydrogen) atoms. The van der Waals surface area contributed by atoms with E-state index in [0.29, 0.717) is 0 Å². The van der Waals surface area contributed by atoms with Crippen LogP contribution in [-0.2, 0) is 14.0 Å². The summed E-state index contributed by atoms with van der Waals surface area (Å²) in [5.74, 6) is 0. The van der Waals surface area contributed by atoms with E-state index < -0.39 is 8.25 Å². The molecule has 0 fully saturated rings. The molecule has 1 atom stereocenters. The molecule has 0 amide bonds. The van der Waals surface area contributed by atoms with Crippen LogP contribution >= 0.6 is 8.25 Å². The summed E-state index contributed by atoms with van der Waals surface area (Å²) in [4.78, 5) is 7.44. The largest absolute Gasteiger partial charge is 0.502 e. The Bertz CT molecular complexity index is 213. The van der Waals surface area contributed by atoms with E-state index in [4.69, 9.17) is 29.7 Å². The Balaban J connectivity index is -0.0000000574. The number of hydrogen-bond donors (Lipinski definition) is 4. The van der Waals surface area contributed by atoms with Crippen molar-refractivity contribution in [2.75, 3.05) is 19.8 Å². The Hall–Kier alpha value is -0.950. The first-order valence-corrected chi connectivity index (χ1v) is 7.82. The van der Waals surface area contributed by atoms with E-state index in [0.717, 1.165) is 13.0 Å². The summed E-state index contributed by atoms with van der Waals surface area (Å²) in [6.07, 6.45) is 8.18. The van der Waals surface area contributed by atoms with E-state index in [-0.39, 0.29) is 13.2 Å². The molecular formula is C14H33O7P. The van der Waals surface area contributed by atoms with Crippen LogP contribution in [-0.4, -0.2) is 40.2 Å². The van der Waals surface area contributed by atoms with Gasteiger partial charge in [-0.25, -0.2) is 5.26 Å². The fourth-order valence-electron chi connectivity index (χ4n) is 0.282. The minimum atomic E-state index is -3.07. The number of hydrogen-bond acceptors (Lipinski definition) is 6. The number of aliphatic hydroxyl groups excluding tert-OH is 2. The average molecular weight is 344 g/mol.